The number of carbonyl (C=O) groups excluding carboxylic acids is 1. The molecule has 2 N–H and O–H groups in total. The molecule has 1 atom stereocenters. The van der Waals surface area contributed by atoms with Gasteiger partial charge in [0.1, 0.15) is 16.2 Å². The van der Waals surface area contributed by atoms with Crippen molar-refractivity contribution in [3.63, 3.8) is 0 Å². The van der Waals surface area contributed by atoms with E-state index in [1.54, 1.807) is 24.3 Å². The number of hydrogen-bond acceptors (Lipinski definition) is 4. The van der Waals surface area contributed by atoms with Gasteiger partial charge in [-0.1, -0.05) is 29.3 Å². The topological polar surface area (TPSA) is 58.6 Å². The fraction of sp³-hybridized carbons (Fsp3) is 0.154. The van der Waals surface area contributed by atoms with E-state index in [-0.39, 0.29) is 12.5 Å². The molecule has 1 aliphatic rings. The number of aliphatic hydroxyl groups excluding tert-OH is 1. The molecule has 20 heavy (non-hydrogen) atoms. The second-order valence-corrected chi connectivity index (χ2v) is 6.56. The first-order valence-corrected chi connectivity index (χ1v) is 7.31. The summed E-state index contributed by atoms with van der Waals surface area (Å²) in [7, 11) is 0. The van der Waals surface area contributed by atoms with Crippen molar-refractivity contribution < 1.29 is 14.6 Å². The van der Waals surface area contributed by atoms with Gasteiger partial charge in [0.2, 0.25) is 0 Å². The first kappa shape index (κ1) is 13.7. The number of nitrogens with one attached hydrogen (secondary N) is 1. The molecule has 3 rings (SSSR count). The number of ether oxygens (including phenoxy) is 1. The lowest BCUT2D eigenvalue weighted by Crippen LogP contribution is -2.25. The summed E-state index contributed by atoms with van der Waals surface area (Å²) in [6.45, 7) is 0.000860. The highest BCUT2D eigenvalue weighted by Gasteiger charge is 2.21. The molecule has 0 bridgehead atoms. The lowest BCUT2D eigenvalue weighted by atomic mass is 10.0. The van der Waals surface area contributed by atoms with Crippen LogP contribution in [0.5, 0.6) is 5.75 Å². The molecule has 1 aliphatic heterocycles. The van der Waals surface area contributed by atoms with Gasteiger partial charge in [-0.05, 0) is 23.8 Å². The average Bonchev–Trinajstić information content (AvgIpc) is 2.76. The number of halogens is 2. The number of anilines is 1. The molecule has 1 aromatic carbocycles. The van der Waals surface area contributed by atoms with Crippen LogP contribution in [0, 0.1) is 0 Å². The van der Waals surface area contributed by atoms with E-state index >= 15 is 0 Å². The smallest absolute Gasteiger partial charge is 0.262 e. The predicted molar refractivity (Wildman–Crippen MR) is 79.0 cm³/mol. The molecule has 0 saturated heterocycles. The molecular weight excluding hydrogens is 321 g/mol. The van der Waals surface area contributed by atoms with Crippen molar-refractivity contribution in [3.8, 4) is 5.75 Å². The van der Waals surface area contributed by atoms with E-state index in [1.807, 2.05) is 0 Å². The van der Waals surface area contributed by atoms with E-state index in [0.717, 1.165) is 0 Å². The Morgan fingerprint density at radius 3 is 2.85 bits per heavy atom. The molecule has 4 nitrogen and oxygen atoms in total. The van der Waals surface area contributed by atoms with E-state index in [0.29, 0.717) is 31.2 Å². The van der Waals surface area contributed by atoms with Crippen LogP contribution >= 0.6 is 34.5 Å². The maximum absolute atomic E-state index is 11.3. The van der Waals surface area contributed by atoms with Gasteiger partial charge in [0.05, 0.1) is 10.0 Å². The quantitative estimate of drug-likeness (QED) is 0.886. The Morgan fingerprint density at radius 2 is 2.15 bits per heavy atom. The lowest BCUT2D eigenvalue weighted by Gasteiger charge is -2.20. The van der Waals surface area contributed by atoms with E-state index < -0.39 is 6.10 Å². The van der Waals surface area contributed by atoms with Gasteiger partial charge >= 0.3 is 0 Å². The largest absolute Gasteiger partial charge is 0.482 e. The monoisotopic (exact) mass is 329 g/mol. The van der Waals surface area contributed by atoms with Crippen molar-refractivity contribution in [3.05, 3.63) is 44.1 Å². The molecule has 104 valence electrons. The Balaban J connectivity index is 1.96. The Morgan fingerprint density at radius 1 is 1.35 bits per heavy atom. The molecular formula is C13H9Cl2NO3S. The third-order valence-electron chi connectivity index (χ3n) is 2.93. The number of carbonyl (C=O) groups is 1. The number of thiophene rings is 1. The van der Waals surface area contributed by atoms with Crippen molar-refractivity contribution in [2.24, 2.45) is 0 Å². The van der Waals surface area contributed by atoms with Crippen LogP contribution in [0.1, 0.15) is 17.2 Å². The molecule has 0 aliphatic carbocycles. The summed E-state index contributed by atoms with van der Waals surface area (Å²) in [5.74, 6) is 0.357. The molecule has 1 aromatic heterocycles. The van der Waals surface area contributed by atoms with Gasteiger partial charge in [-0.3, -0.25) is 4.79 Å². The number of rotatable bonds is 2. The van der Waals surface area contributed by atoms with Crippen molar-refractivity contribution in [1.29, 1.82) is 0 Å². The van der Waals surface area contributed by atoms with Crippen LogP contribution in [0.3, 0.4) is 0 Å². The number of fused-ring (bicyclic) bond motifs is 1. The van der Waals surface area contributed by atoms with E-state index in [9.17, 15) is 9.90 Å². The van der Waals surface area contributed by atoms with E-state index in [1.165, 1.54) is 11.3 Å². The van der Waals surface area contributed by atoms with Gasteiger partial charge < -0.3 is 15.2 Å². The number of hydrogen-bond donors (Lipinski definition) is 2. The fourth-order valence-electron chi connectivity index (χ4n) is 1.99. The maximum atomic E-state index is 11.3. The zero-order chi connectivity index (χ0) is 14.3. The van der Waals surface area contributed by atoms with Crippen LogP contribution in [0.2, 0.25) is 8.67 Å². The summed E-state index contributed by atoms with van der Waals surface area (Å²) in [4.78, 5) is 11.3. The SMILES string of the molecule is O=C1COc2ccc(C(O)c3cc(Cl)sc3Cl)cc2N1. The van der Waals surface area contributed by atoms with Crippen molar-refractivity contribution in [2.75, 3.05) is 11.9 Å². The van der Waals surface area contributed by atoms with Crippen molar-refractivity contribution in [1.82, 2.24) is 0 Å². The van der Waals surface area contributed by atoms with Gasteiger partial charge in [0, 0.05) is 5.56 Å². The molecule has 0 spiro atoms. The second-order valence-electron chi connectivity index (χ2n) is 4.27. The van der Waals surface area contributed by atoms with E-state index in [4.69, 9.17) is 27.9 Å². The highest BCUT2D eigenvalue weighted by atomic mass is 35.5. The standard InChI is InChI=1S/C13H9Cl2NO3S/c14-10-4-7(13(15)20-10)12(18)6-1-2-9-8(3-6)16-11(17)5-19-9/h1-4,12,18H,5H2,(H,16,17). The first-order valence-electron chi connectivity index (χ1n) is 5.74. The summed E-state index contributed by atoms with van der Waals surface area (Å²) < 4.78 is 6.22. The highest BCUT2D eigenvalue weighted by molar-refractivity contribution is 7.20. The summed E-state index contributed by atoms with van der Waals surface area (Å²) in [5.41, 5.74) is 1.69. The van der Waals surface area contributed by atoms with Gasteiger partial charge in [-0.25, -0.2) is 0 Å². The van der Waals surface area contributed by atoms with Gasteiger partial charge in [-0.2, -0.15) is 0 Å². The second kappa shape index (κ2) is 5.26. The number of benzene rings is 1. The van der Waals surface area contributed by atoms with Crippen LogP contribution in [-0.4, -0.2) is 17.6 Å². The molecule has 1 amide bonds. The summed E-state index contributed by atoms with van der Waals surface area (Å²) in [6, 6.07) is 6.73. The van der Waals surface area contributed by atoms with Gasteiger partial charge in [0.15, 0.2) is 6.61 Å². The zero-order valence-electron chi connectivity index (χ0n) is 10.0. The first-order chi connectivity index (χ1) is 9.54. The summed E-state index contributed by atoms with van der Waals surface area (Å²) in [6.07, 6.45) is -0.907. The Labute approximate surface area is 128 Å². The average molecular weight is 330 g/mol. The minimum Gasteiger partial charge on any atom is -0.482 e. The predicted octanol–water partition coefficient (Wildman–Crippen LogP) is 3.47. The minimum atomic E-state index is -0.907. The highest BCUT2D eigenvalue weighted by Crippen LogP contribution is 2.39. The molecule has 2 heterocycles. The van der Waals surface area contributed by atoms with Crippen LogP contribution < -0.4 is 10.1 Å². The van der Waals surface area contributed by atoms with Crippen molar-refractivity contribution in [2.45, 2.75) is 6.10 Å². The molecule has 0 radical (unpaired) electrons. The summed E-state index contributed by atoms with van der Waals surface area (Å²) >= 11 is 13.1. The van der Waals surface area contributed by atoms with Crippen LogP contribution in [-0.2, 0) is 4.79 Å². The third-order valence-corrected chi connectivity index (χ3v) is 4.45. The Kier molecular flexibility index (Phi) is 3.60. The van der Waals surface area contributed by atoms with Crippen LogP contribution in [0.4, 0.5) is 5.69 Å². The number of amides is 1. The van der Waals surface area contributed by atoms with Crippen molar-refractivity contribution >= 4 is 46.1 Å². The zero-order valence-corrected chi connectivity index (χ0v) is 12.4. The molecule has 0 saturated carbocycles. The molecule has 0 fully saturated rings. The molecule has 1 unspecified atom stereocenters. The third kappa shape index (κ3) is 2.50. The molecule has 7 heteroatoms. The van der Waals surface area contributed by atoms with E-state index in [2.05, 4.69) is 5.32 Å². The van der Waals surface area contributed by atoms with Crippen LogP contribution in [0.25, 0.3) is 0 Å². The van der Waals surface area contributed by atoms with Gasteiger partial charge in [0.25, 0.3) is 5.91 Å². The number of aliphatic hydroxyl groups is 1. The van der Waals surface area contributed by atoms with Crippen LogP contribution in [0.15, 0.2) is 24.3 Å². The Hall–Kier alpha value is -1.27. The fourth-order valence-corrected chi connectivity index (χ4v) is 3.51. The molecule has 2 aromatic rings. The summed E-state index contributed by atoms with van der Waals surface area (Å²) in [5, 5.41) is 13.1. The van der Waals surface area contributed by atoms with Gasteiger partial charge in [-0.15, -0.1) is 11.3 Å². The lowest BCUT2D eigenvalue weighted by molar-refractivity contribution is -0.118. The normalized spacial score (nSPS) is 15.2. The maximum Gasteiger partial charge on any atom is 0.262 e. The minimum absolute atomic E-state index is 0.000860. The Bertz CT molecular complexity index is 686.